The number of hydrogen-bond acceptors (Lipinski definition) is 5. The minimum Gasteiger partial charge on any atom is -0.436 e. The molecule has 1 aromatic carbocycles. The zero-order valence-corrected chi connectivity index (χ0v) is 13.2. The Morgan fingerprint density at radius 2 is 2.13 bits per heavy atom. The van der Waals surface area contributed by atoms with E-state index in [9.17, 15) is 10.1 Å². The fourth-order valence-corrected chi connectivity index (χ4v) is 2.57. The number of pyridine rings is 1. The Morgan fingerprint density at radius 1 is 1.35 bits per heavy atom. The van der Waals surface area contributed by atoms with Gasteiger partial charge in [0, 0.05) is 5.02 Å². The first-order valence-electron chi connectivity index (χ1n) is 6.42. The van der Waals surface area contributed by atoms with Crippen LogP contribution in [0.4, 0.5) is 0 Å². The van der Waals surface area contributed by atoms with Crippen LogP contribution < -0.4 is 10.3 Å². The number of fused-ring (bicyclic) bond motifs is 1. The van der Waals surface area contributed by atoms with Gasteiger partial charge in [-0.2, -0.15) is 5.26 Å². The molecule has 114 valence electrons. The molecule has 0 unspecified atom stereocenters. The van der Waals surface area contributed by atoms with E-state index in [1.807, 2.05) is 6.07 Å². The highest BCUT2D eigenvalue weighted by molar-refractivity contribution is 6.35. The molecule has 0 amide bonds. The Kier molecular flexibility index (Phi) is 3.90. The van der Waals surface area contributed by atoms with Crippen LogP contribution in [0.2, 0.25) is 10.0 Å². The van der Waals surface area contributed by atoms with Gasteiger partial charge >= 0.3 is 0 Å². The largest absolute Gasteiger partial charge is 0.436 e. The maximum absolute atomic E-state index is 11.9. The zero-order chi connectivity index (χ0) is 16.6. The van der Waals surface area contributed by atoms with Crippen LogP contribution in [0.25, 0.3) is 10.9 Å². The van der Waals surface area contributed by atoms with E-state index in [4.69, 9.17) is 27.9 Å². The summed E-state index contributed by atoms with van der Waals surface area (Å²) in [5.41, 5.74) is 0.313. The second-order valence-electron chi connectivity index (χ2n) is 4.62. The van der Waals surface area contributed by atoms with Gasteiger partial charge < -0.3 is 9.72 Å². The first kappa shape index (κ1) is 15.3. The minimum absolute atomic E-state index is 0.0276. The third-order valence-corrected chi connectivity index (χ3v) is 3.68. The summed E-state index contributed by atoms with van der Waals surface area (Å²) in [5, 5.41) is 10.4. The summed E-state index contributed by atoms with van der Waals surface area (Å²) in [6.45, 7) is 1.64. The number of rotatable bonds is 2. The lowest BCUT2D eigenvalue weighted by atomic mass is 10.1. The highest BCUT2D eigenvalue weighted by Gasteiger charge is 2.18. The van der Waals surface area contributed by atoms with Crippen molar-refractivity contribution in [1.82, 2.24) is 15.0 Å². The van der Waals surface area contributed by atoms with E-state index >= 15 is 0 Å². The molecule has 3 aromatic rings. The predicted molar refractivity (Wildman–Crippen MR) is 86.1 cm³/mol. The summed E-state index contributed by atoms with van der Waals surface area (Å²) in [6.07, 6.45) is 1.23. The Balaban J connectivity index is 2.22. The minimum atomic E-state index is -0.368. The standard InChI is InChI=1S/C15H8Cl2N4O2/c1-7-12-13(19-6-20-14(12)22)9(5-18)15(21-7)23-11-3-2-8(16)4-10(11)17/h2-4,6H,1H3,(H,19,20,22). The summed E-state index contributed by atoms with van der Waals surface area (Å²) in [6, 6.07) is 6.66. The summed E-state index contributed by atoms with van der Waals surface area (Å²) in [7, 11) is 0. The predicted octanol–water partition coefficient (Wildman–Crippen LogP) is 3.60. The van der Waals surface area contributed by atoms with Crippen LogP contribution in [-0.2, 0) is 0 Å². The smallest absolute Gasteiger partial charge is 0.260 e. The fraction of sp³-hybridized carbons (Fsp3) is 0.0667. The molecule has 0 aliphatic carbocycles. The van der Waals surface area contributed by atoms with Gasteiger partial charge in [-0.3, -0.25) is 4.79 Å². The van der Waals surface area contributed by atoms with Crippen molar-refractivity contribution in [1.29, 1.82) is 5.26 Å². The summed E-state index contributed by atoms with van der Waals surface area (Å²) >= 11 is 11.9. The maximum atomic E-state index is 11.9. The average Bonchev–Trinajstić information content (AvgIpc) is 2.50. The van der Waals surface area contributed by atoms with Crippen molar-refractivity contribution in [3.05, 3.63) is 56.2 Å². The van der Waals surface area contributed by atoms with E-state index in [1.54, 1.807) is 19.1 Å². The zero-order valence-electron chi connectivity index (χ0n) is 11.7. The summed E-state index contributed by atoms with van der Waals surface area (Å²) < 4.78 is 5.64. The Bertz CT molecular complexity index is 1020. The van der Waals surface area contributed by atoms with E-state index in [2.05, 4.69) is 15.0 Å². The summed E-state index contributed by atoms with van der Waals surface area (Å²) in [5.74, 6) is 0.323. The highest BCUT2D eigenvalue weighted by Crippen LogP contribution is 2.33. The van der Waals surface area contributed by atoms with Crippen molar-refractivity contribution in [2.75, 3.05) is 0 Å². The maximum Gasteiger partial charge on any atom is 0.260 e. The van der Waals surface area contributed by atoms with Crippen LogP contribution in [0, 0.1) is 18.3 Å². The Hall–Kier alpha value is -2.62. The average molecular weight is 347 g/mol. The first-order chi connectivity index (χ1) is 11.0. The van der Waals surface area contributed by atoms with Crippen LogP contribution in [0.5, 0.6) is 11.6 Å². The van der Waals surface area contributed by atoms with Gasteiger partial charge in [0.05, 0.1) is 22.4 Å². The molecule has 23 heavy (non-hydrogen) atoms. The topological polar surface area (TPSA) is 91.7 Å². The van der Waals surface area contributed by atoms with E-state index in [-0.39, 0.29) is 32.9 Å². The van der Waals surface area contributed by atoms with Gasteiger partial charge in [0.25, 0.3) is 5.56 Å². The number of halogens is 2. The number of aromatic amines is 1. The molecular formula is C15H8Cl2N4O2. The molecule has 0 saturated heterocycles. The third kappa shape index (κ3) is 2.72. The highest BCUT2D eigenvalue weighted by atomic mass is 35.5. The van der Waals surface area contributed by atoms with Gasteiger partial charge in [-0.15, -0.1) is 0 Å². The van der Waals surface area contributed by atoms with Crippen LogP contribution in [-0.4, -0.2) is 15.0 Å². The van der Waals surface area contributed by atoms with Crippen molar-refractivity contribution in [3.8, 4) is 17.7 Å². The molecule has 0 aliphatic rings. The first-order valence-corrected chi connectivity index (χ1v) is 7.18. The quantitative estimate of drug-likeness (QED) is 0.765. The van der Waals surface area contributed by atoms with Crippen LogP contribution in [0.3, 0.4) is 0 Å². The number of nitriles is 1. The molecule has 8 heteroatoms. The lowest BCUT2D eigenvalue weighted by Gasteiger charge is -2.10. The van der Waals surface area contributed by atoms with Crippen molar-refractivity contribution in [2.45, 2.75) is 6.92 Å². The summed E-state index contributed by atoms with van der Waals surface area (Å²) in [4.78, 5) is 22.6. The van der Waals surface area contributed by atoms with Crippen molar-refractivity contribution >= 4 is 34.1 Å². The molecule has 0 radical (unpaired) electrons. The lowest BCUT2D eigenvalue weighted by Crippen LogP contribution is -2.11. The van der Waals surface area contributed by atoms with Gasteiger partial charge in [-0.1, -0.05) is 23.2 Å². The van der Waals surface area contributed by atoms with Gasteiger partial charge in [0.1, 0.15) is 22.9 Å². The third-order valence-electron chi connectivity index (χ3n) is 3.15. The van der Waals surface area contributed by atoms with E-state index in [1.165, 1.54) is 12.4 Å². The van der Waals surface area contributed by atoms with Gasteiger partial charge in [0.15, 0.2) is 0 Å². The van der Waals surface area contributed by atoms with Crippen LogP contribution in [0.15, 0.2) is 29.3 Å². The molecule has 0 saturated carbocycles. The number of nitrogens with zero attached hydrogens (tertiary/aromatic N) is 3. The van der Waals surface area contributed by atoms with Crippen LogP contribution in [0.1, 0.15) is 11.3 Å². The number of aromatic nitrogens is 3. The van der Waals surface area contributed by atoms with Crippen LogP contribution >= 0.6 is 23.2 Å². The second-order valence-corrected chi connectivity index (χ2v) is 5.46. The number of hydrogen-bond donors (Lipinski definition) is 1. The Labute approximate surface area is 140 Å². The van der Waals surface area contributed by atoms with Crippen molar-refractivity contribution in [3.63, 3.8) is 0 Å². The Morgan fingerprint density at radius 3 is 2.83 bits per heavy atom. The number of benzene rings is 1. The lowest BCUT2D eigenvalue weighted by molar-refractivity contribution is 0.461. The second kappa shape index (κ2) is 5.88. The monoisotopic (exact) mass is 346 g/mol. The molecule has 0 spiro atoms. The van der Waals surface area contributed by atoms with E-state index in [0.717, 1.165) is 0 Å². The fourth-order valence-electron chi connectivity index (χ4n) is 2.13. The molecule has 0 fully saturated rings. The van der Waals surface area contributed by atoms with Gasteiger partial charge in [-0.25, -0.2) is 9.97 Å². The van der Waals surface area contributed by atoms with Crippen molar-refractivity contribution in [2.24, 2.45) is 0 Å². The normalized spacial score (nSPS) is 10.5. The molecule has 6 nitrogen and oxygen atoms in total. The molecule has 2 heterocycles. The molecule has 0 bridgehead atoms. The van der Waals surface area contributed by atoms with E-state index in [0.29, 0.717) is 16.5 Å². The number of aryl methyl sites for hydroxylation is 1. The molecule has 3 rings (SSSR count). The molecule has 1 N–H and O–H groups in total. The van der Waals surface area contributed by atoms with Gasteiger partial charge in [-0.05, 0) is 25.1 Å². The molecule has 2 aromatic heterocycles. The number of nitrogens with one attached hydrogen (secondary N) is 1. The van der Waals surface area contributed by atoms with Crippen molar-refractivity contribution < 1.29 is 4.74 Å². The van der Waals surface area contributed by atoms with Gasteiger partial charge in [0.2, 0.25) is 5.88 Å². The number of ether oxygens (including phenoxy) is 1. The molecule has 0 aliphatic heterocycles. The molecule has 0 atom stereocenters. The molecular weight excluding hydrogens is 339 g/mol. The van der Waals surface area contributed by atoms with E-state index < -0.39 is 0 Å². The SMILES string of the molecule is Cc1nc(Oc2ccc(Cl)cc2Cl)c(C#N)c2nc[nH]c(=O)c12. The number of H-pyrrole nitrogens is 1.